The molecule has 4 aromatic rings. The summed E-state index contributed by atoms with van der Waals surface area (Å²) < 4.78 is 3.86. The van der Waals surface area contributed by atoms with E-state index in [9.17, 15) is 4.79 Å². The molecule has 0 saturated carbocycles. The molecule has 0 radical (unpaired) electrons. The Labute approximate surface area is 132 Å². The van der Waals surface area contributed by atoms with Gasteiger partial charge in [-0.25, -0.2) is 0 Å². The van der Waals surface area contributed by atoms with Crippen LogP contribution in [0.5, 0.6) is 0 Å². The van der Waals surface area contributed by atoms with Gasteiger partial charge < -0.3 is 9.88 Å². The molecule has 0 fully saturated rings. The van der Waals surface area contributed by atoms with Crippen LogP contribution in [-0.4, -0.2) is 25.1 Å². The summed E-state index contributed by atoms with van der Waals surface area (Å²) in [5.41, 5.74) is 2.46. The Bertz CT molecular complexity index is 1010. The average molecular weight is 305 g/mol. The first-order valence-corrected chi connectivity index (χ1v) is 7.35. The normalized spacial score (nSPS) is 11.2. The van der Waals surface area contributed by atoms with Gasteiger partial charge in [0.1, 0.15) is 0 Å². The van der Waals surface area contributed by atoms with Crippen LogP contribution >= 0.6 is 0 Å². The van der Waals surface area contributed by atoms with Gasteiger partial charge in [-0.1, -0.05) is 12.1 Å². The molecule has 23 heavy (non-hydrogen) atoms. The topological polar surface area (TPSA) is 64.2 Å². The zero-order valence-corrected chi connectivity index (χ0v) is 12.6. The lowest BCUT2D eigenvalue weighted by atomic mass is 10.1. The number of amides is 1. The molecule has 0 atom stereocenters. The number of carbonyl (C=O) groups excluding carboxylic acids is 1. The van der Waals surface area contributed by atoms with Gasteiger partial charge in [0.15, 0.2) is 11.5 Å². The van der Waals surface area contributed by atoms with E-state index >= 15 is 0 Å². The summed E-state index contributed by atoms with van der Waals surface area (Å²) >= 11 is 0. The van der Waals surface area contributed by atoms with E-state index in [1.54, 1.807) is 0 Å². The Hall–Kier alpha value is -3.15. The molecule has 0 unspecified atom stereocenters. The molecule has 6 heteroatoms. The number of nitrogens with one attached hydrogen (secondary N) is 1. The van der Waals surface area contributed by atoms with Gasteiger partial charge in [-0.05, 0) is 30.3 Å². The highest BCUT2D eigenvalue weighted by atomic mass is 16.1. The van der Waals surface area contributed by atoms with Crippen molar-refractivity contribution in [3.8, 4) is 0 Å². The molecule has 114 valence electrons. The third kappa shape index (κ3) is 2.24. The SMILES string of the molecule is Cn1ccc2c(C(=O)NCc3nnc4ccccn34)cccc21. The number of fused-ring (bicyclic) bond motifs is 2. The average Bonchev–Trinajstić information content (AvgIpc) is 3.17. The van der Waals surface area contributed by atoms with Crippen LogP contribution in [0.3, 0.4) is 0 Å². The molecule has 0 aliphatic heterocycles. The van der Waals surface area contributed by atoms with E-state index in [2.05, 4.69) is 15.5 Å². The highest BCUT2D eigenvalue weighted by Gasteiger charge is 2.12. The van der Waals surface area contributed by atoms with Crippen molar-refractivity contribution in [2.45, 2.75) is 6.54 Å². The number of rotatable bonds is 3. The third-order valence-electron chi connectivity index (χ3n) is 3.96. The first-order valence-electron chi connectivity index (χ1n) is 7.35. The van der Waals surface area contributed by atoms with Crippen molar-refractivity contribution in [3.63, 3.8) is 0 Å². The monoisotopic (exact) mass is 305 g/mol. The van der Waals surface area contributed by atoms with E-state index in [1.165, 1.54) is 0 Å². The van der Waals surface area contributed by atoms with E-state index in [0.717, 1.165) is 16.6 Å². The van der Waals surface area contributed by atoms with Crippen molar-refractivity contribution in [2.24, 2.45) is 7.05 Å². The van der Waals surface area contributed by atoms with Crippen LogP contribution in [0, 0.1) is 0 Å². The standard InChI is InChI=1S/C17H15N5O/c1-21-10-8-12-13(5-4-6-14(12)21)17(23)18-11-16-20-19-15-7-2-3-9-22(15)16/h2-10H,11H2,1H3,(H,18,23). The second kappa shape index (κ2) is 5.24. The molecule has 0 bridgehead atoms. The Morgan fingerprint density at radius 1 is 1.09 bits per heavy atom. The van der Waals surface area contributed by atoms with E-state index in [0.29, 0.717) is 17.9 Å². The highest BCUT2D eigenvalue weighted by molar-refractivity contribution is 6.06. The number of aromatic nitrogens is 4. The molecule has 3 aromatic heterocycles. The zero-order valence-electron chi connectivity index (χ0n) is 12.6. The van der Waals surface area contributed by atoms with Crippen LogP contribution < -0.4 is 5.32 Å². The number of benzene rings is 1. The summed E-state index contributed by atoms with van der Waals surface area (Å²) in [4.78, 5) is 12.5. The lowest BCUT2D eigenvalue weighted by Crippen LogP contribution is -2.24. The van der Waals surface area contributed by atoms with Gasteiger partial charge in [0.2, 0.25) is 0 Å². The van der Waals surface area contributed by atoms with Crippen LogP contribution in [0.1, 0.15) is 16.2 Å². The predicted octanol–water partition coefficient (Wildman–Crippen LogP) is 2.15. The molecule has 0 aliphatic carbocycles. The lowest BCUT2D eigenvalue weighted by molar-refractivity contribution is 0.0951. The number of pyridine rings is 1. The Morgan fingerprint density at radius 3 is 2.91 bits per heavy atom. The van der Waals surface area contributed by atoms with Crippen LogP contribution in [0.15, 0.2) is 54.9 Å². The van der Waals surface area contributed by atoms with Crippen molar-refractivity contribution in [1.82, 2.24) is 24.5 Å². The summed E-state index contributed by atoms with van der Waals surface area (Å²) in [7, 11) is 1.96. The Balaban J connectivity index is 1.60. The number of hydrogen-bond donors (Lipinski definition) is 1. The van der Waals surface area contributed by atoms with Crippen LogP contribution in [0.4, 0.5) is 0 Å². The fourth-order valence-electron chi connectivity index (χ4n) is 2.77. The lowest BCUT2D eigenvalue weighted by Gasteiger charge is -2.06. The largest absolute Gasteiger partial charge is 0.351 e. The predicted molar refractivity (Wildman–Crippen MR) is 87.1 cm³/mol. The van der Waals surface area contributed by atoms with Crippen molar-refractivity contribution >= 4 is 22.5 Å². The summed E-state index contributed by atoms with van der Waals surface area (Å²) in [6.07, 6.45) is 3.84. The molecule has 3 heterocycles. The van der Waals surface area contributed by atoms with Gasteiger partial charge in [-0.15, -0.1) is 10.2 Å². The summed E-state index contributed by atoms with van der Waals surface area (Å²) in [6.45, 7) is 0.327. The molecule has 1 aromatic carbocycles. The number of nitrogens with zero attached hydrogens (tertiary/aromatic N) is 4. The molecular weight excluding hydrogens is 290 g/mol. The second-order valence-electron chi connectivity index (χ2n) is 5.39. The zero-order chi connectivity index (χ0) is 15.8. The van der Waals surface area contributed by atoms with Crippen molar-refractivity contribution in [2.75, 3.05) is 0 Å². The maximum absolute atomic E-state index is 12.5. The summed E-state index contributed by atoms with van der Waals surface area (Å²) in [5, 5.41) is 12.1. The third-order valence-corrected chi connectivity index (χ3v) is 3.96. The minimum atomic E-state index is -0.116. The van der Waals surface area contributed by atoms with Gasteiger partial charge in [0.05, 0.1) is 6.54 Å². The fourth-order valence-corrected chi connectivity index (χ4v) is 2.77. The van der Waals surface area contributed by atoms with Gasteiger partial charge in [-0.3, -0.25) is 9.20 Å². The van der Waals surface area contributed by atoms with E-state index < -0.39 is 0 Å². The highest BCUT2D eigenvalue weighted by Crippen LogP contribution is 2.19. The molecular formula is C17H15N5O. The smallest absolute Gasteiger partial charge is 0.252 e. The van der Waals surface area contributed by atoms with Crippen LogP contribution in [0.2, 0.25) is 0 Å². The quantitative estimate of drug-likeness (QED) is 0.631. The van der Waals surface area contributed by atoms with Crippen molar-refractivity contribution in [3.05, 3.63) is 66.2 Å². The maximum Gasteiger partial charge on any atom is 0.252 e. The van der Waals surface area contributed by atoms with Gasteiger partial charge >= 0.3 is 0 Å². The van der Waals surface area contributed by atoms with Gasteiger partial charge in [0, 0.05) is 35.9 Å². The number of hydrogen-bond acceptors (Lipinski definition) is 3. The minimum Gasteiger partial charge on any atom is -0.351 e. The van der Waals surface area contributed by atoms with E-state index in [4.69, 9.17) is 0 Å². The van der Waals surface area contributed by atoms with E-state index in [1.807, 2.05) is 70.9 Å². The molecule has 1 amide bonds. The Kier molecular flexibility index (Phi) is 3.08. The summed E-state index contributed by atoms with van der Waals surface area (Å²) in [6, 6.07) is 13.4. The first kappa shape index (κ1) is 13.5. The minimum absolute atomic E-state index is 0.116. The Morgan fingerprint density at radius 2 is 2.00 bits per heavy atom. The number of carbonyl (C=O) groups is 1. The van der Waals surface area contributed by atoms with E-state index in [-0.39, 0.29) is 5.91 Å². The van der Waals surface area contributed by atoms with Gasteiger partial charge in [0.25, 0.3) is 5.91 Å². The first-order chi connectivity index (χ1) is 11.2. The molecule has 4 rings (SSSR count). The second-order valence-corrected chi connectivity index (χ2v) is 5.39. The molecule has 0 spiro atoms. The number of aryl methyl sites for hydroxylation is 1. The van der Waals surface area contributed by atoms with Crippen molar-refractivity contribution in [1.29, 1.82) is 0 Å². The van der Waals surface area contributed by atoms with Crippen LogP contribution in [0.25, 0.3) is 16.6 Å². The van der Waals surface area contributed by atoms with Gasteiger partial charge in [-0.2, -0.15) is 0 Å². The molecule has 0 saturated heterocycles. The molecule has 1 N–H and O–H groups in total. The fraction of sp³-hybridized carbons (Fsp3) is 0.118. The summed E-state index contributed by atoms with van der Waals surface area (Å²) in [5.74, 6) is 0.587. The maximum atomic E-state index is 12.5. The molecule has 6 nitrogen and oxygen atoms in total. The molecule has 0 aliphatic rings. The van der Waals surface area contributed by atoms with Crippen LogP contribution in [-0.2, 0) is 13.6 Å². The van der Waals surface area contributed by atoms with Crippen molar-refractivity contribution < 1.29 is 4.79 Å².